The van der Waals surface area contributed by atoms with Gasteiger partial charge in [-0.1, -0.05) is 13.8 Å². The number of carbonyl (C=O) groups is 2. The maximum atomic E-state index is 13.1. The molecule has 0 amide bonds. The zero-order valence-electron chi connectivity index (χ0n) is 17.2. The van der Waals surface area contributed by atoms with Crippen molar-refractivity contribution in [1.82, 2.24) is 4.90 Å². The van der Waals surface area contributed by atoms with Crippen molar-refractivity contribution in [2.75, 3.05) is 19.6 Å². The SMILES string of the molecule is CCN(CC)CCCC1C(=O)C2=NC(C)=NC2=C2C=NC(C)(C)C(=O)C21.Cl.Cl. The van der Waals surface area contributed by atoms with Crippen LogP contribution in [0.4, 0.5) is 0 Å². The minimum Gasteiger partial charge on any atom is -0.304 e. The third-order valence-electron chi connectivity index (χ3n) is 5.65. The average Bonchev–Trinajstić information content (AvgIpc) is 2.99. The van der Waals surface area contributed by atoms with Crippen molar-refractivity contribution < 1.29 is 9.59 Å². The molecule has 0 radical (unpaired) electrons. The van der Waals surface area contributed by atoms with Crippen LogP contribution >= 0.6 is 24.8 Å². The fourth-order valence-corrected chi connectivity index (χ4v) is 4.03. The first kappa shape index (κ1) is 24.7. The van der Waals surface area contributed by atoms with Crippen LogP contribution in [-0.2, 0) is 9.59 Å². The summed E-state index contributed by atoms with van der Waals surface area (Å²) in [5.74, 6) is -0.252. The van der Waals surface area contributed by atoms with Gasteiger partial charge in [0, 0.05) is 17.7 Å². The number of nitrogens with zero attached hydrogens (tertiary/aromatic N) is 4. The van der Waals surface area contributed by atoms with E-state index in [-0.39, 0.29) is 42.3 Å². The van der Waals surface area contributed by atoms with E-state index >= 15 is 0 Å². The third-order valence-corrected chi connectivity index (χ3v) is 5.65. The van der Waals surface area contributed by atoms with Crippen LogP contribution < -0.4 is 0 Å². The van der Waals surface area contributed by atoms with Crippen LogP contribution in [0.2, 0.25) is 0 Å². The number of allylic oxidation sites excluding steroid dienone is 2. The Morgan fingerprint density at radius 1 is 1.11 bits per heavy atom. The molecule has 6 nitrogen and oxygen atoms in total. The van der Waals surface area contributed by atoms with Crippen LogP contribution in [0.1, 0.15) is 47.5 Å². The molecule has 2 unspecified atom stereocenters. The summed E-state index contributed by atoms with van der Waals surface area (Å²) in [4.78, 5) is 41.8. The first-order chi connectivity index (χ1) is 12.3. The standard InChI is InChI=1S/C20H28N4O2.2ClH/c1-6-24(7-2)10-8-9-13-15-14(11-21-20(4,5)19(15)26)16-17(18(13)25)23-12(3)22-16;;/h11,13,15H,6-10H2,1-5H3;2*1H. The highest BCUT2D eigenvalue weighted by molar-refractivity contribution is 6.51. The van der Waals surface area contributed by atoms with Gasteiger partial charge in [-0.3, -0.25) is 14.6 Å². The van der Waals surface area contributed by atoms with E-state index < -0.39 is 11.5 Å². The van der Waals surface area contributed by atoms with Crippen LogP contribution in [0.5, 0.6) is 0 Å². The molecule has 156 valence electrons. The van der Waals surface area contributed by atoms with E-state index in [0.717, 1.165) is 31.6 Å². The van der Waals surface area contributed by atoms with Gasteiger partial charge in [0.05, 0.1) is 5.92 Å². The second-order valence-corrected chi connectivity index (χ2v) is 7.72. The summed E-state index contributed by atoms with van der Waals surface area (Å²) >= 11 is 0. The molecular formula is C20H30Cl2N4O2. The zero-order valence-corrected chi connectivity index (χ0v) is 18.8. The van der Waals surface area contributed by atoms with Gasteiger partial charge in [-0.05, 0) is 53.2 Å². The highest BCUT2D eigenvalue weighted by Gasteiger charge is 2.50. The largest absolute Gasteiger partial charge is 0.304 e. The van der Waals surface area contributed by atoms with Crippen LogP contribution in [0.3, 0.4) is 0 Å². The van der Waals surface area contributed by atoms with Gasteiger partial charge in [-0.15, -0.1) is 24.8 Å². The van der Waals surface area contributed by atoms with Gasteiger partial charge in [0.2, 0.25) is 0 Å². The molecule has 8 heteroatoms. The van der Waals surface area contributed by atoms with Crippen molar-refractivity contribution >= 4 is 54.1 Å². The fourth-order valence-electron chi connectivity index (χ4n) is 4.03. The van der Waals surface area contributed by atoms with E-state index in [1.807, 2.05) is 13.8 Å². The summed E-state index contributed by atoms with van der Waals surface area (Å²) in [6.45, 7) is 12.6. The van der Waals surface area contributed by atoms with Crippen LogP contribution in [0, 0.1) is 11.8 Å². The lowest BCUT2D eigenvalue weighted by atomic mass is 9.67. The first-order valence-corrected chi connectivity index (χ1v) is 9.54. The summed E-state index contributed by atoms with van der Waals surface area (Å²) < 4.78 is 0. The molecule has 0 N–H and O–H groups in total. The first-order valence-electron chi connectivity index (χ1n) is 9.54. The van der Waals surface area contributed by atoms with Gasteiger partial charge in [0.1, 0.15) is 22.8 Å². The highest BCUT2D eigenvalue weighted by atomic mass is 35.5. The summed E-state index contributed by atoms with van der Waals surface area (Å²) in [5, 5.41) is 0. The van der Waals surface area contributed by atoms with E-state index in [9.17, 15) is 9.59 Å². The molecule has 3 aliphatic rings. The number of carbonyl (C=O) groups excluding carboxylic acids is 2. The minimum atomic E-state index is -0.794. The Bertz CT molecular complexity index is 764. The average molecular weight is 429 g/mol. The van der Waals surface area contributed by atoms with Crippen molar-refractivity contribution in [3.63, 3.8) is 0 Å². The maximum Gasteiger partial charge on any atom is 0.187 e. The number of fused-ring (bicyclic) bond motifs is 2. The Balaban J connectivity index is 0.00000196. The normalized spacial score (nSPS) is 24.9. The molecule has 28 heavy (non-hydrogen) atoms. The van der Waals surface area contributed by atoms with E-state index in [4.69, 9.17) is 0 Å². The van der Waals surface area contributed by atoms with E-state index in [1.165, 1.54) is 0 Å². The number of aliphatic imine (C=N–C) groups is 3. The molecule has 2 atom stereocenters. The van der Waals surface area contributed by atoms with Crippen molar-refractivity contribution in [2.24, 2.45) is 26.8 Å². The van der Waals surface area contributed by atoms with Crippen LogP contribution in [-0.4, -0.2) is 59.4 Å². The van der Waals surface area contributed by atoms with Gasteiger partial charge >= 0.3 is 0 Å². The summed E-state index contributed by atoms with van der Waals surface area (Å²) in [7, 11) is 0. The molecule has 0 aromatic heterocycles. The van der Waals surface area contributed by atoms with Gasteiger partial charge < -0.3 is 4.90 Å². The number of Topliss-reactive ketones (excluding diaryl/α,β-unsaturated/α-hetero) is 2. The Kier molecular flexibility index (Phi) is 8.30. The lowest BCUT2D eigenvalue weighted by molar-refractivity contribution is -0.131. The lowest BCUT2D eigenvalue weighted by Gasteiger charge is -2.37. The topological polar surface area (TPSA) is 74.5 Å². The third kappa shape index (κ3) is 4.29. The van der Waals surface area contributed by atoms with Crippen molar-refractivity contribution in [3.05, 3.63) is 11.3 Å². The Hall–Kier alpha value is -1.37. The molecule has 0 aromatic rings. The molecule has 0 saturated heterocycles. The number of halogens is 2. The molecular weight excluding hydrogens is 399 g/mol. The van der Waals surface area contributed by atoms with Gasteiger partial charge in [0.15, 0.2) is 11.6 Å². The second-order valence-electron chi connectivity index (χ2n) is 7.72. The van der Waals surface area contributed by atoms with Crippen molar-refractivity contribution in [1.29, 1.82) is 0 Å². The number of hydrogen-bond acceptors (Lipinski definition) is 6. The van der Waals surface area contributed by atoms with Crippen LogP contribution in [0.15, 0.2) is 26.2 Å². The fraction of sp³-hybridized carbons (Fsp3) is 0.650. The Morgan fingerprint density at radius 3 is 2.36 bits per heavy atom. The molecule has 1 aliphatic carbocycles. The molecule has 0 saturated carbocycles. The predicted molar refractivity (Wildman–Crippen MR) is 119 cm³/mol. The number of amidine groups is 1. The van der Waals surface area contributed by atoms with Gasteiger partial charge in [0.25, 0.3) is 0 Å². The van der Waals surface area contributed by atoms with Crippen molar-refractivity contribution in [2.45, 2.75) is 53.0 Å². The highest BCUT2D eigenvalue weighted by Crippen LogP contribution is 2.41. The quantitative estimate of drug-likeness (QED) is 0.650. The number of ketones is 2. The second kappa shape index (κ2) is 9.42. The molecule has 0 aromatic carbocycles. The van der Waals surface area contributed by atoms with Crippen LogP contribution in [0.25, 0.3) is 0 Å². The summed E-state index contributed by atoms with van der Waals surface area (Å²) in [6.07, 6.45) is 3.32. The van der Waals surface area contributed by atoms with Crippen molar-refractivity contribution in [3.8, 4) is 0 Å². The molecule has 0 spiro atoms. The monoisotopic (exact) mass is 428 g/mol. The number of rotatable bonds is 6. The van der Waals surface area contributed by atoms with Gasteiger partial charge in [-0.2, -0.15) is 0 Å². The molecule has 2 aliphatic heterocycles. The zero-order chi connectivity index (χ0) is 19.1. The molecule has 0 fully saturated rings. The maximum absolute atomic E-state index is 13.1. The molecule has 0 bridgehead atoms. The molecule has 2 heterocycles. The summed E-state index contributed by atoms with van der Waals surface area (Å²) in [5.41, 5.74) is 0.959. The Morgan fingerprint density at radius 2 is 1.75 bits per heavy atom. The van der Waals surface area contributed by atoms with E-state index in [1.54, 1.807) is 13.1 Å². The van der Waals surface area contributed by atoms with Gasteiger partial charge in [-0.25, -0.2) is 9.98 Å². The molecule has 3 rings (SSSR count). The minimum absolute atomic E-state index is 0. The van der Waals surface area contributed by atoms with E-state index in [0.29, 0.717) is 23.7 Å². The number of hydrogen-bond donors (Lipinski definition) is 0. The van der Waals surface area contributed by atoms with E-state index in [2.05, 4.69) is 33.7 Å². The lowest BCUT2D eigenvalue weighted by Crippen LogP contribution is -2.49. The smallest absolute Gasteiger partial charge is 0.187 e. The Labute approximate surface area is 179 Å². The predicted octanol–water partition coefficient (Wildman–Crippen LogP) is 3.33. The summed E-state index contributed by atoms with van der Waals surface area (Å²) in [6, 6.07) is 0.